The Bertz CT molecular complexity index is 696. The third kappa shape index (κ3) is 4.05. The van der Waals surface area contributed by atoms with Crippen molar-refractivity contribution in [1.29, 1.82) is 0 Å². The van der Waals surface area contributed by atoms with E-state index in [2.05, 4.69) is 18.4 Å². The fraction of sp³-hybridized carbons (Fsp3) is 0.471. The third-order valence-corrected chi connectivity index (χ3v) is 5.82. The molecule has 23 heavy (non-hydrogen) atoms. The standard InChI is InChI=1S/C17H20Cl2N2OS/c1-11-12(2)21(9-15-4-3-7-22-15)17(20-11)23-10-13-5-6-14(18)8-16(13)19/h5-6,8,15H,3-4,7,9-10H2,1-2H3. The Kier molecular flexibility index (Phi) is 5.57. The van der Waals surface area contributed by atoms with Gasteiger partial charge in [-0.25, -0.2) is 4.98 Å². The average molecular weight is 371 g/mol. The molecular formula is C17H20Cl2N2OS. The van der Waals surface area contributed by atoms with Crippen LogP contribution in [0.1, 0.15) is 29.8 Å². The van der Waals surface area contributed by atoms with Gasteiger partial charge in [0.2, 0.25) is 0 Å². The molecule has 0 spiro atoms. The van der Waals surface area contributed by atoms with Gasteiger partial charge in [-0.2, -0.15) is 0 Å². The van der Waals surface area contributed by atoms with Crippen LogP contribution in [0.5, 0.6) is 0 Å². The van der Waals surface area contributed by atoms with Crippen molar-refractivity contribution in [2.24, 2.45) is 0 Å². The number of benzene rings is 1. The van der Waals surface area contributed by atoms with Crippen molar-refractivity contribution < 1.29 is 4.74 Å². The normalized spacial score (nSPS) is 17.8. The van der Waals surface area contributed by atoms with Gasteiger partial charge in [0.15, 0.2) is 5.16 Å². The molecule has 0 amide bonds. The van der Waals surface area contributed by atoms with E-state index in [0.29, 0.717) is 16.1 Å². The van der Waals surface area contributed by atoms with Gasteiger partial charge in [0.05, 0.1) is 18.3 Å². The number of ether oxygens (including phenoxy) is 1. The van der Waals surface area contributed by atoms with E-state index in [9.17, 15) is 0 Å². The summed E-state index contributed by atoms with van der Waals surface area (Å²) < 4.78 is 8.06. The SMILES string of the molecule is Cc1nc(SCc2ccc(Cl)cc2Cl)n(CC2CCCO2)c1C. The fourth-order valence-corrected chi connectivity index (χ4v) is 4.38. The maximum atomic E-state index is 6.26. The molecule has 124 valence electrons. The number of rotatable bonds is 5. The first-order valence-corrected chi connectivity index (χ1v) is 9.51. The fourth-order valence-electron chi connectivity index (χ4n) is 2.72. The monoisotopic (exact) mass is 370 g/mol. The molecule has 1 aromatic heterocycles. The van der Waals surface area contributed by atoms with E-state index >= 15 is 0 Å². The molecule has 3 nitrogen and oxygen atoms in total. The first-order chi connectivity index (χ1) is 11.0. The van der Waals surface area contributed by atoms with Gasteiger partial charge in [-0.05, 0) is 44.4 Å². The molecule has 0 bridgehead atoms. The van der Waals surface area contributed by atoms with E-state index in [1.807, 2.05) is 12.1 Å². The quantitative estimate of drug-likeness (QED) is 0.670. The minimum absolute atomic E-state index is 0.306. The van der Waals surface area contributed by atoms with E-state index < -0.39 is 0 Å². The van der Waals surface area contributed by atoms with Gasteiger partial charge in [0, 0.05) is 28.1 Å². The van der Waals surface area contributed by atoms with Crippen LogP contribution in [0.25, 0.3) is 0 Å². The number of nitrogens with zero attached hydrogens (tertiary/aromatic N) is 2. The first kappa shape index (κ1) is 17.2. The van der Waals surface area contributed by atoms with Gasteiger partial charge in [0.25, 0.3) is 0 Å². The lowest BCUT2D eigenvalue weighted by Crippen LogP contribution is -2.16. The van der Waals surface area contributed by atoms with Crippen molar-refractivity contribution in [2.75, 3.05) is 6.61 Å². The molecule has 0 radical (unpaired) electrons. The minimum Gasteiger partial charge on any atom is -0.376 e. The minimum atomic E-state index is 0.306. The molecule has 1 aliphatic rings. The van der Waals surface area contributed by atoms with E-state index in [-0.39, 0.29) is 0 Å². The van der Waals surface area contributed by atoms with Crippen LogP contribution in [0.2, 0.25) is 10.0 Å². The Balaban J connectivity index is 1.75. The highest BCUT2D eigenvalue weighted by Gasteiger charge is 2.20. The Morgan fingerprint density at radius 1 is 1.35 bits per heavy atom. The van der Waals surface area contributed by atoms with Crippen LogP contribution in [0.3, 0.4) is 0 Å². The number of aryl methyl sites for hydroxylation is 1. The van der Waals surface area contributed by atoms with Crippen molar-refractivity contribution in [3.63, 3.8) is 0 Å². The Morgan fingerprint density at radius 3 is 2.87 bits per heavy atom. The topological polar surface area (TPSA) is 27.1 Å². The molecule has 0 aliphatic carbocycles. The third-order valence-electron chi connectivity index (χ3n) is 4.20. The number of halogens is 2. The summed E-state index contributed by atoms with van der Waals surface area (Å²) in [4.78, 5) is 4.72. The molecular weight excluding hydrogens is 351 g/mol. The van der Waals surface area contributed by atoms with Crippen LogP contribution < -0.4 is 0 Å². The molecule has 1 fully saturated rings. The van der Waals surface area contributed by atoms with E-state index in [1.54, 1.807) is 17.8 Å². The van der Waals surface area contributed by atoms with Gasteiger partial charge >= 0.3 is 0 Å². The van der Waals surface area contributed by atoms with Gasteiger partial charge in [-0.1, -0.05) is 41.0 Å². The molecule has 0 N–H and O–H groups in total. The second-order valence-electron chi connectivity index (χ2n) is 5.84. The Labute approximate surface area is 151 Å². The van der Waals surface area contributed by atoms with Crippen molar-refractivity contribution in [3.05, 3.63) is 45.2 Å². The zero-order valence-electron chi connectivity index (χ0n) is 13.3. The zero-order chi connectivity index (χ0) is 16.4. The van der Waals surface area contributed by atoms with E-state index in [1.165, 1.54) is 5.69 Å². The van der Waals surface area contributed by atoms with Crippen LogP contribution in [-0.4, -0.2) is 22.3 Å². The summed E-state index contributed by atoms with van der Waals surface area (Å²) in [7, 11) is 0. The first-order valence-electron chi connectivity index (χ1n) is 7.76. The summed E-state index contributed by atoms with van der Waals surface area (Å²) in [5.41, 5.74) is 3.36. The number of thioether (sulfide) groups is 1. The molecule has 6 heteroatoms. The molecule has 1 unspecified atom stereocenters. The molecule has 3 rings (SSSR count). The maximum absolute atomic E-state index is 6.26. The molecule has 2 heterocycles. The smallest absolute Gasteiger partial charge is 0.168 e. The maximum Gasteiger partial charge on any atom is 0.168 e. The van der Waals surface area contributed by atoms with Crippen LogP contribution in [0.15, 0.2) is 23.4 Å². The number of imidazole rings is 1. The van der Waals surface area contributed by atoms with Crippen LogP contribution in [0.4, 0.5) is 0 Å². The highest BCUT2D eigenvalue weighted by molar-refractivity contribution is 7.98. The van der Waals surface area contributed by atoms with E-state index in [4.69, 9.17) is 32.9 Å². The Hall–Kier alpha value is -0.680. The zero-order valence-corrected chi connectivity index (χ0v) is 15.6. The van der Waals surface area contributed by atoms with Crippen molar-refractivity contribution in [3.8, 4) is 0 Å². The Morgan fingerprint density at radius 2 is 2.17 bits per heavy atom. The van der Waals surface area contributed by atoms with Crippen LogP contribution in [0, 0.1) is 13.8 Å². The summed E-state index contributed by atoms with van der Waals surface area (Å²) in [5.74, 6) is 0.775. The lowest BCUT2D eigenvalue weighted by atomic mass is 10.2. The van der Waals surface area contributed by atoms with Crippen molar-refractivity contribution >= 4 is 35.0 Å². The lowest BCUT2D eigenvalue weighted by Gasteiger charge is -2.14. The van der Waals surface area contributed by atoms with Crippen LogP contribution >= 0.6 is 35.0 Å². The number of aromatic nitrogens is 2. The van der Waals surface area contributed by atoms with Crippen molar-refractivity contribution in [2.45, 2.75) is 50.2 Å². The van der Waals surface area contributed by atoms with Gasteiger partial charge in [-0.15, -0.1) is 0 Å². The number of hydrogen-bond donors (Lipinski definition) is 0. The predicted molar refractivity (Wildman–Crippen MR) is 96.7 cm³/mol. The molecule has 1 aromatic carbocycles. The predicted octanol–water partition coefficient (Wildman–Crippen LogP) is 5.28. The largest absolute Gasteiger partial charge is 0.376 e. The molecule has 2 aromatic rings. The molecule has 1 atom stereocenters. The average Bonchev–Trinajstić information content (AvgIpc) is 3.11. The van der Waals surface area contributed by atoms with Crippen LogP contribution in [-0.2, 0) is 17.0 Å². The summed E-state index contributed by atoms with van der Waals surface area (Å²) in [6.07, 6.45) is 2.59. The summed E-state index contributed by atoms with van der Waals surface area (Å²) in [6.45, 7) is 5.93. The highest BCUT2D eigenvalue weighted by atomic mass is 35.5. The summed E-state index contributed by atoms with van der Waals surface area (Å²) in [6, 6.07) is 5.64. The highest BCUT2D eigenvalue weighted by Crippen LogP contribution is 2.30. The molecule has 0 saturated carbocycles. The van der Waals surface area contributed by atoms with Gasteiger partial charge in [-0.3, -0.25) is 0 Å². The molecule has 1 saturated heterocycles. The van der Waals surface area contributed by atoms with E-state index in [0.717, 1.165) is 48.2 Å². The van der Waals surface area contributed by atoms with Crippen molar-refractivity contribution in [1.82, 2.24) is 9.55 Å². The number of hydrogen-bond acceptors (Lipinski definition) is 3. The second kappa shape index (κ2) is 7.47. The van der Waals surface area contributed by atoms with Gasteiger partial charge < -0.3 is 9.30 Å². The summed E-state index contributed by atoms with van der Waals surface area (Å²) in [5, 5.41) is 2.40. The second-order valence-corrected chi connectivity index (χ2v) is 7.62. The lowest BCUT2D eigenvalue weighted by molar-refractivity contribution is 0.0945. The molecule has 1 aliphatic heterocycles. The summed E-state index contributed by atoms with van der Waals surface area (Å²) >= 11 is 13.9. The van der Waals surface area contributed by atoms with Gasteiger partial charge in [0.1, 0.15) is 0 Å².